The van der Waals surface area contributed by atoms with Gasteiger partial charge in [-0.2, -0.15) is 0 Å². The maximum absolute atomic E-state index is 13.3. The van der Waals surface area contributed by atoms with Gasteiger partial charge in [-0.25, -0.2) is 4.39 Å². The number of nitrogens with zero attached hydrogens (tertiary/aromatic N) is 2. The van der Waals surface area contributed by atoms with Crippen LogP contribution in [0.2, 0.25) is 0 Å². The number of carbonyl (C=O) groups is 1. The first kappa shape index (κ1) is 26.1. The summed E-state index contributed by atoms with van der Waals surface area (Å²) in [5.41, 5.74) is 7.05. The highest BCUT2D eigenvalue weighted by atomic mass is 35.5. The van der Waals surface area contributed by atoms with E-state index in [4.69, 9.17) is 5.73 Å². The van der Waals surface area contributed by atoms with Crippen LogP contribution in [0.3, 0.4) is 0 Å². The molecule has 1 aromatic carbocycles. The van der Waals surface area contributed by atoms with Crippen LogP contribution in [0.15, 0.2) is 24.3 Å². The van der Waals surface area contributed by atoms with Gasteiger partial charge in [0, 0.05) is 32.7 Å². The Labute approximate surface area is 175 Å². The van der Waals surface area contributed by atoms with Crippen LogP contribution in [0.25, 0.3) is 0 Å². The molecule has 1 amide bonds. The summed E-state index contributed by atoms with van der Waals surface area (Å²) < 4.78 is 13.3. The molecule has 4 nitrogen and oxygen atoms in total. The second-order valence-corrected chi connectivity index (χ2v) is 7.66. The Kier molecular flexibility index (Phi) is 12.1. The average molecular weight is 422 g/mol. The van der Waals surface area contributed by atoms with E-state index in [2.05, 4.69) is 18.7 Å². The molecule has 2 atom stereocenters. The lowest BCUT2D eigenvalue weighted by Gasteiger charge is -2.34. The molecule has 0 aliphatic carbocycles. The van der Waals surface area contributed by atoms with Crippen LogP contribution >= 0.6 is 24.8 Å². The number of benzene rings is 1. The van der Waals surface area contributed by atoms with Crippen molar-refractivity contribution in [1.82, 2.24) is 9.80 Å². The minimum Gasteiger partial charge on any atom is -0.345 e. The van der Waals surface area contributed by atoms with Crippen LogP contribution in [0.5, 0.6) is 0 Å². The lowest BCUT2D eigenvalue weighted by Crippen LogP contribution is -2.44. The first-order valence-corrected chi connectivity index (χ1v) is 9.34. The summed E-state index contributed by atoms with van der Waals surface area (Å²) in [6.07, 6.45) is 2.77. The topological polar surface area (TPSA) is 49.6 Å². The second-order valence-electron chi connectivity index (χ2n) is 7.66. The first-order chi connectivity index (χ1) is 11.9. The summed E-state index contributed by atoms with van der Waals surface area (Å²) in [4.78, 5) is 16.8. The van der Waals surface area contributed by atoms with Crippen LogP contribution < -0.4 is 5.73 Å². The molecule has 1 aliphatic heterocycles. The van der Waals surface area contributed by atoms with E-state index >= 15 is 0 Å². The van der Waals surface area contributed by atoms with E-state index in [-0.39, 0.29) is 48.5 Å². The third-order valence-corrected chi connectivity index (χ3v) is 5.18. The highest BCUT2D eigenvalue weighted by molar-refractivity contribution is 5.85. The number of likely N-dealkylation sites (tertiary alicyclic amines) is 1. The van der Waals surface area contributed by atoms with Crippen LogP contribution in [-0.2, 0) is 11.3 Å². The zero-order valence-corrected chi connectivity index (χ0v) is 18.2. The van der Waals surface area contributed by atoms with Crippen molar-refractivity contribution in [2.75, 3.05) is 26.7 Å². The molecule has 0 aromatic heterocycles. The van der Waals surface area contributed by atoms with Gasteiger partial charge in [-0.1, -0.05) is 26.0 Å². The minimum atomic E-state index is -0.205. The third kappa shape index (κ3) is 8.34. The van der Waals surface area contributed by atoms with Crippen molar-refractivity contribution in [3.63, 3.8) is 0 Å². The van der Waals surface area contributed by atoms with Crippen LogP contribution in [0.4, 0.5) is 4.39 Å². The molecule has 1 heterocycles. The quantitative estimate of drug-likeness (QED) is 0.729. The fourth-order valence-corrected chi connectivity index (χ4v) is 3.39. The van der Waals surface area contributed by atoms with Crippen molar-refractivity contribution in [3.05, 3.63) is 35.6 Å². The van der Waals surface area contributed by atoms with E-state index in [0.29, 0.717) is 19.0 Å². The van der Waals surface area contributed by atoms with Crippen LogP contribution in [-0.4, -0.2) is 48.4 Å². The molecule has 1 aliphatic rings. The van der Waals surface area contributed by atoms with Crippen LogP contribution in [0.1, 0.15) is 38.7 Å². The van der Waals surface area contributed by atoms with Gasteiger partial charge in [-0.05, 0) is 49.4 Å². The normalized spacial score (nSPS) is 18.4. The second kappa shape index (κ2) is 12.6. The van der Waals surface area contributed by atoms with E-state index < -0.39 is 0 Å². The Morgan fingerprint density at radius 3 is 2.70 bits per heavy atom. The molecule has 2 unspecified atom stereocenters. The molecule has 0 spiro atoms. The standard InChI is InChI=1S/C20H32FN3O.2ClH/c1-15(2)19(22)9-11-23(3)20(25)17-7-5-10-24(14-17)13-16-6-4-8-18(21)12-16;;/h4,6,8,12,15,17,19H,5,7,9-11,13-14,22H2,1-3H3;2*1H. The predicted octanol–water partition coefficient (Wildman–Crippen LogP) is 3.71. The number of rotatable bonds is 7. The molecule has 2 rings (SSSR count). The predicted molar refractivity (Wildman–Crippen MR) is 114 cm³/mol. The molecule has 7 heteroatoms. The molecule has 156 valence electrons. The lowest BCUT2D eigenvalue weighted by molar-refractivity contribution is -0.136. The number of amides is 1. The van der Waals surface area contributed by atoms with E-state index in [1.165, 1.54) is 6.07 Å². The van der Waals surface area contributed by atoms with Crippen molar-refractivity contribution in [2.45, 2.75) is 45.7 Å². The smallest absolute Gasteiger partial charge is 0.226 e. The van der Waals surface area contributed by atoms with Crippen molar-refractivity contribution >= 4 is 30.7 Å². The number of piperidine rings is 1. The first-order valence-electron chi connectivity index (χ1n) is 9.34. The van der Waals surface area contributed by atoms with Gasteiger partial charge in [-0.3, -0.25) is 9.69 Å². The number of nitrogens with two attached hydrogens (primary N) is 1. The van der Waals surface area contributed by atoms with Gasteiger partial charge in [0.05, 0.1) is 5.92 Å². The third-order valence-electron chi connectivity index (χ3n) is 5.18. The largest absolute Gasteiger partial charge is 0.345 e. The Hall–Kier alpha value is -0.880. The fourth-order valence-electron chi connectivity index (χ4n) is 3.39. The van der Waals surface area contributed by atoms with Crippen molar-refractivity contribution in [2.24, 2.45) is 17.6 Å². The zero-order valence-electron chi connectivity index (χ0n) is 16.6. The van der Waals surface area contributed by atoms with E-state index in [0.717, 1.165) is 37.9 Å². The Morgan fingerprint density at radius 1 is 1.37 bits per heavy atom. The monoisotopic (exact) mass is 421 g/mol. The van der Waals surface area contributed by atoms with Gasteiger partial charge in [0.15, 0.2) is 0 Å². The fraction of sp³-hybridized carbons (Fsp3) is 0.650. The molecule has 2 N–H and O–H groups in total. The van der Waals surface area contributed by atoms with Gasteiger partial charge in [0.25, 0.3) is 0 Å². The van der Waals surface area contributed by atoms with Gasteiger partial charge >= 0.3 is 0 Å². The minimum absolute atomic E-state index is 0. The molecule has 1 fully saturated rings. The summed E-state index contributed by atoms with van der Waals surface area (Å²) in [5.74, 6) is 0.464. The zero-order chi connectivity index (χ0) is 18.4. The Morgan fingerprint density at radius 2 is 2.07 bits per heavy atom. The highest BCUT2D eigenvalue weighted by Gasteiger charge is 2.28. The molecular formula is C20H34Cl2FN3O. The van der Waals surface area contributed by atoms with Crippen molar-refractivity contribution < 1.29 is 9.18 Å². The maximum atomic E-state index is 13.3. The van der Waals surface area contributed by atoms with E-state index in [9.17, 15) is 9.18 Å². The summed E-state index contributed by atoms with van der Waals surface area (Å²) in [5, 5.41) is 0. The van der Waals surface area contributed by atoms with E-state index in [1.54, 1.807) is 12.1 Å². The number of hydrogen-bond acceptors (Lipinski definition) is 3. The molecule has 1 aromatic rings. The summed E-state index contributed by atoms with van der Waals surface area (Å²) in [6.45, 7) is 7.33. The molecule has 27 heavy (non-hydrogen) atoms. The van der Waals surface area contributed by atoms with Gasteiger partial charge in [0.1, 0.15) is 5.82 Å². The average Bonchev–Trinajstić information content (AvgIpc) is 2.58. The van der Waals surface area contributed by atoms with Crippen molar-refractivity contribution in [3.8, 4) is 0 Å². The molecule has 0 radical (unpaired) electrons. The lowest BCUT2D eigenvalue weighted by atomic mass is 9.95. The summed E-state index contributed by atoms with van der Waals surface area (Å²) in [7, 11) is 1.88. The maximum Gasteiger partial charge on any atom is 0.226 e. The Bertz CT molecular complexity index is 574. The SMILES string of the molecule is CC(C)C(N)CCN(C)C(=O)C1CCCN(Cc2cccc(F)c2)C1.Cl.Cl. The molecule has 0 saturated carbocycles. The van der Waals surface area contributed by atoms with Gasteiger partial charge < -0.3 is 10.6 Å². The molecule has 0 bridgehead atoms. The summed E-state index contributed by atoms with van der Waals surface area (Å²) in [6, 6.07) is 6.84. The molecule has 1 saturated heterocycles. The Balaban J connectivity index is 0.00000338. The van der Waals surface area contributed by atoms with Gasteiger partial charge in [-0.15, -0.1) is 24.8 Å². The number of carbonyl (C=O) groups excluding carboxylic acids is 1. The van der Waals surface area contributed by atoms with Crippen LogP contribution in [0, 0.1) is 17.7 Å². The van der Waals surface area contributed by atoms with Gasteiger partial charge in [0.2, 0.25) is 5.91 Å². The highest BCUT2D eigenvalue weighted by Crippen LogP contribution is 2.21. The summed E-state index contributed by atoms with van der Waals surface area (Å²) >= 11 is 0. The number of halogens is 3. The van der Waals surface area contributed by atoms with Crippen molar-refractivity contribution in [1.29, 1.82) is 0 Å². The number of hydrogen-bond donors (Lipinski definition) is 1. The molecular weight excluding hydrogens is 388 g/mol. The van der Waals surface area contributed by atoms with E-state index in [1.807, 2.05) is 18.0 Å².